The number of carbonyl (C=O) groups is 1. The van der Waals surface area contributed by atoms with Gasteiger partial charge >= 0.3 is 5.69 Å². The molecular formula is C25H29BrN4O2. The van der Waals surface area contributed by atoms with E-state index < -0.39 is 5.41 Å². The van der Waals surface area contributed by atoms with Gasteiger partial charge in [0.15, 0.2) is 0 Å². The molecule has 7 heteroatoms. The van der Waals surface area contributed by atoms with Crippen LogP contribution in [0.2, 0.25) is 0 Å². The van der Waals surface area contributed by atoms with Crippen molar-refractivity contribution in [3.63, 3.8) is 0 Å². The number of likely N-dealkylation sites (tertiary alicyclic amines) is 1. The molecule has 0 spiro atoms. The molecule has 32 heavy (non-hydrogen) atoms. The predicted octanol–water partition coefficient (Wildman–Crippen LogP) is 4.02. The van der Waals surface area contributed by atoms with Gasteiger partial charge in [-0.05, 0) is 54.9 Å². The summed E-state index contributed by atoms with van der Waals surface area (Å²) in [5.41, 5.74) is 8.48. The highest BCUT2D eigenvalue weighted by Gasteiger charge is 2.62. The molecular weight excluding hydrogens is 468 g/mol. The number of carbonyl (C=O) groups excluding carboxylic acids is 1. The van der Waals surface area contributed by atoms with Crippen LogP contribution < -0.4 is 11.4 Å². The van der Waals surface area contributed by atoms with Crippen molar-refractivity contribution < 1.29 is 4.79 Å². The number of imidazole rings is 1. The number of H-pyrrole nitrogens is 1. The number of amides is 1. The number of hydrogen-bond acceptors (Lipinski definition) is 3. The Labute approximate surface area is 195 Å². The van der Waals surface area contributed by atoms with Gasteiger partial charge in [0.2, 0.25) is 5.91 Å². The van der Waals surface area contributed by atoms with Crippen LogP contribution in [-0.4, -0.2) is 40.0 Å². The maximum absolute atomic E-state index is 12.6. The molecule has 1 saturated carbocycles. The van der Waals surface area contributed by atoms with Crippen molar-refractivity contribution in [1.29, 1.82) is 0 Å². The van der Waals surface area contributed by atoms with Crippen LogP contribution >= 0.6 is 15.9 Å². The average Bonchev–Trinajstić information content (AvgIpc) is 3.47. The van der Waals surface area contributed by atoms with Gasteiger partial charge in [-0.25, -0.2) is 4.79 Å². The fourth-order valence-corrected chi connectivity index (χ4v) is 6.18. The van der Waals surface area contributed by atoms with Crippen LogP contribution in [-0.2, 0) is 4.79 Å². The summed E-state index contributed by atoms with van der Waals surface area (Å²) in [6, 6.07) is 16.4. The third-order valence-electron chi connectivity index (χ3n) is 7.68. The third kappa shape index (κ3) is 3.61. The van der Waals surface area contributed by atoms with Gasteiger partial charge in [0.1, 0.15) is 0 Å². The lowest BCUT2D eigenvalue weighted by Gasteiger charge is -2.35. The minimum atomic E-state index is -0.445. The molecule has 168 valence electrons. The van der Waals surface area contributed by atoms with Gasteiger partial charge in [0.25, 0.3) is 0 Å². The number of fused-ring (bicyclic) bond motifs is 1. The molecule has 1 aliphatic heterocycles. The highest BCUT2D eigenvalue weighted by molar-refractivity contribution is 9.10. The Morgan fingerprint density at radius 3 is 2.62 bits per heavy atom. The van der Waals surface area contributed by atoms with Crippen molar-refractivity contribution in [3.05, 3.63) is 69.1 Å². The van der Waals surface area contributed by atoms with E-state index in [1.807, 2.05) is 41.0 Å². The zero-order valence-electron chi connectivity index (χ0n) is 18.3. The number of halogens is 1. The molecule has 3 N–H and O–H groups in total. The van der Waals surface area contributed by atoms with Gasteiger partial charge < -0.3 is 15.6 Å². The van der Waals surface area contributed by atoms with E-state index in [0.717, 1.165) is 54.4 Å². The Morgan fingerprint density at radius 2 is 1.94 bits per heavy atom. The quantitative estimate of drug-likeness (QED) is 0.540. The lowest BCUT2D eigenvalue weighted by molar-refractivity contribution is -0.125. The normalized spacial score (nSPS) is 25.1. The second kappa shape index (κ2) is 8.19. The average molecular weight is 497 g/mol. The predicted molar refractivity (Wildman–Crippen MR) is 130 cm³/mol. The molecule has 1 aliphatic carbocycles. The molecule has 0 radical (unpaired) electrons. The molecule has 2 heterocycles. The van der Waals surface area contributed by atoms with E-state index in [0.29, 0.717) is 0 Å². The summed E-state index contributed by atoms with van der Waals surface area (Å²) in [5, 5.41) is 0. The van der Waals surface area contributed by atoms with Crippen molar-refractivity contribution >= 4 is 32.9 Å². The van der Waals surface area contributed by atoms with Crippen LogP contribution in [0.4, 0.5) is 0 Å². The summed E-state index contributed by atoms with van der Waals surface area (Å²) >= 11 is 3.47. The number of benzene rings is 2. The molecule has 2 fully saturated rings. The Bertz CT molecular complexity index is 1200. The molecule has 0 bridgehead atoms. The van der Waals surface area contributed by atoms with E-state index >= 15 is 0 Å². The smallest absolute Gasteiger partial charge is 0.326 e. The number of nitrogens with zero attached hydrogens (tertiary/aromatic N) is 2. The zero-order valence-corrected chi connectivity index (χ0v) is 19.8. The molecule has 3 aromatic rings. The first-order chi connectivity index (χ1) is 15.4. The van der Waals surface area contributed by atoms with E-state index in [2.05, 4.69) is 44.9 Å². The Morgan fingerprint density at radius 1 is 1.22 bits per heavy atom. The van der Waals surface area contributed by atoms with Crippen LogP contribution in [0.25, 0.3) is 11.0 Å². The van der Waals surface area contributed by atoms with E-state index in [4.69, 9.17) is 5.73 Å². The topological polar surface area (TPSA) is 84.1 Å². The Hall–Kier alpha value is -2.38. The number of hydrogen-bond donors (Lipinski definition) is 2. The van der Waals surface area contributed by atoms with E-state index in [-0.39, 0.29) is 29.5 Å². The van der Waals surface area contributed by atoms with Crippen LogP contribution in [0, 0.1) is 11.3 Å². The van der Waals surface area contributed by atoms with Gasteiger partial charge in [0, 0.05) is 30.1 Å². The van der Waals surface area contributed by atoms with Crippen molar-refractivity contribution in [3.8, 4) is 0 Å². The van der Waals surface area contributed by atoms with Gasteiger partial charge in [-0.2, -0.15) is 0 Å². The van der Waals surface area contributed by atoms with E-state index in [1.165, 1.54) is 5.56 Å². The Kier molecular flexibility index (Phi) is 5.50. The lowest BCUT2D eigenvalue weighted by atomic mass is 9.84. The molecule has 2 unspecified atom stereocenters. The largest absolute Gasteiger partial charge is 0.369 e. The molecule has 6 nitrogen and oxygen atoms in total. The fourth-order valence-electron chi connectivity index (χ4n) is 5.82. The SMILES string of the molecule is C[C@H](CN1CCC(n2c(=O)[nH]c3cc(Br)ccc32)CC1)C1(C(N)=O)CC1c1ccccc1. The number of rotatable bonds is 6. The standard InChI is InChI=1S/C25H29BrN4O2/c1-16(25(23(27)31)14-20(25)17-5-3-2-4-6-17)15-29-11-9-19(10-12-29)30-22-8-7-18(26)13-21(22)28-24(30)32/h2-8,13,16,19-20H,9-12,14-15H2,1H3,(H2,27,31)(H,28,32)/t16-,20?,25?/m1/s1. The first kappa shape index (κ1) is 21.5. The molecule has 5 rings (SSSR count). The number of primary amides is 1. The van der Waals surface area contributed by atoms with Crippen LogP contribution in [0.5, 0.6) is 0 Å². The first-order valence-electron chi connectivity index (χ1n) is 11.4. The molecule has 1 saturated heterocycles. The monoisotopic (exact) mass is 496 g/mol. The first-order valence-corrected chi connectivity index (χ1v) is 12.2. The van der Waals surface area contributed by atoms with Gasteiger partial charge in [0.05, 0.1) is 16.4 Å². The van der Waals surface area contributed by atoms with Crippen LogP contribution in [0.15, 0.2) is 57.8 Å². The summed E-state index contributed by atoms with van der Waals surface area (Å²) in [7, 11) is 0. The molecule has 1 aromatic heterocycles. The van der Waals surface area contributed by atoms with Crippen molar-refractivity contribution in [1.82, 2.24) is 14.5 Å². The van der Waals surface area contributed by atoms with Crippen molar-refractivity contribution in [2.45, 2.75) is 38.1 Å². The summed E-state index contributed by atoms with van der Waals surface area (Å²) < 4.78 is 2.87. The molecule has 2 aromatic carbocycles. The van der Waals surface area contributed by atoms with E-state index in [1.54, 1.807) is 0 Å². The van der Waals surface area contributed by atoms with E-state index in [9.17, 15) is 9.59 Å². The number of aromatic amines is 1. The van der Waals surface area contributed by atoms with Crippen LogP contribution in [0.3, 0.4) is 0 Å². The Balaban J connectivity index is 1.26. The van der Waals surface area contributed by atoms with Crippen LogP contribution in [0.1, 0.15) is 43.7 Å². The molecule has 2 aliphatic rings. The zero-order chi connectivity index (χ0) is 22.5. The highest BCUT2D eigenvalue weighted by Crippen LogP contribution is 2.63. The maximum Gasteiger partial charge on any atom is 0.326 e. The number of nitrogens with one attached hydrogen (secondary N) is 1. The lowest BCUT2D eigenvalue weighted by Crippen LogP contribution is -2.43. The second-order valence-corrected chi connectivity index (χ2v) is 10.4. The minimum Gasteiger partial charge on any atom is -0.369 e. The van der Waals surface area contributed by atoms with Crippen molar-refractivity contribution in [2.24, 2.45) is 17.1 Å². The molecule has 1 amide bonds. The third-order valence-corrected chi connectivity index (χ3v) is 8.17. The summed E-state index contributed by atoms with van der Waals surface area (Å²) in [6.07, 6.45) is 2.67. The number of aromatic nitrogens is 2. The summed E-state index contributed by atoms with van der Waals surface area (Å²) in [6.45, 7) is 4.85. The van der Waals surface area contributed by atoms with Crippen molar-refractivity contribution in [2.75, 3.05) is 19.6 Å². The highest BCUT2D eigenvalue weighted by atomic mass is 79.9. The maximum atomic E-state index is 12.6. The number of piperidine rings is 1. The summed E-state index contributed by atoms with van der Waals surface area (Å²) in [5.74, 6) is 0.234. The second-order valence-electron chi connectivity index (χ2n) is 9.47. The fraction of sp³-hybridized carbons (Fsp3) is 0.440. The summed E-state index contributed by atoms with van der Waals surface area (Å²) in [4.78, 5) is 30.5. The van der Waals surface area contributed by atoms with Gasteiger partial charge in [-0.3, -0.25) is 9.36 Å². The van der Waals surface area contributed by atoms with Gasteiger partial charge in [-0.1, -0.05) is 53.2 Å². The molecule has 3 atom stereocenters. The number of nitrogens with two attached hydrogens (primary N) is 1. The van der Waals surface area contributed by atoms with Gasteiger partial charge in [-0.15, -0.1) is 0 Å². The minimum absolute atomic E-state index is 0.0405.